The van der Waals surface area contributed by atoms with Crippen molar-refractivity contribution >= 4 is 22.1 Å². The summed E-state index contributed by atoms with van der Waals surface area (Å²) in [6.45, 7) is 0. The Morgan fingerprint density at radius 3 is 2.13 bits per heavy atom. The van der Waals surface area contributed by atoms with E-state index in [2.05, 4.69) is 78.9 Å². The fraction of sp³-hybridized carbons (Fsp3) is 0. The molecule has 107 valence electrons. The minimum Gasteiger partial charge on any atom is -0.248 e. The molecule has 1 aliphatic rings. The van der Waals surface area contributed by atoms with Crippen LogP contribution in [0.25, 0.3) is 33.0 Å². The molecule has 0 N–H and O–H groups in total. The van der Waals surface area contributed by atoms with E-state index >= 15 is 0 Å². The third kappa shape index (κ3) is 1.94. The lowest BCUT2D eigenvalue weighted by Crippen LogP contribution is -1.83. The van der Waals surface area contributed by atoms with Gasteiger partial charge in [-0.25, -0.2) is 5.32 Å². The molecule has 0 unspecified atom stereocenters. The number of hydrogen-bond acceptors (Lipinski definition) is 0. The summed E-state index contributed by atoms with van der Waals surface area (Å²) in [7, 11) is 0. The molecule has 0 aliphatic carbocycles. The van der Waals surface area contributed by atoms with E-state index in [0.29, 0.717) is 0 Å². The van der Waals surface area contributed by atoms with Crippen LogP contribution in [0.3, 0.4) is 0 Å². The zero-order valence-corrected chi connectivity index (χ0v) is 12.5. The van der Waals surface area contributed by atoms with Gasteiger partial charge >= 0.3 is 0 Å². The van der Waals surface area contributed by atoms with Gasteiger partial charge in [-0.3, -0.25) is 0 Å². The van der Waals surface area contributed by atoms with E-state index in [4.69, 9.17) is 5.32 Å². The second-order valence-electron chi connectivity index (χ2n) is 5.92. The van der Waals surface area contributed by atoms with Crippen LogP contribution in [0.4, 0.5) is 11.4 Å². The highest BCUT2D eigenvalue weighted by molar-refractivity contribution is 5.94. The lowest BCUT2D eigenvalue weighted by molar-refractivity contribution is 1.24. The minimum absolute atomic E-state index is 1.07. The van der Waals surface area contributed by atoms with Gasteiger partial charge in [0.2, 0.25) is 0 Å². The molecule has 1 nitrogen and oxygen atoms in total. The molecule has 0 amide bonds. The first kappa shape index (κ1) is 12.5. The number of benzene rings is 4. The molecular formula is C22H14N. The molecule has 0 aromatic heterocycles. The molecule has 0 bridgehead atoms. The van der Waals surface area contributed by atoms with Gasteiger partial charge in [-0.05, 0) is 46.2 Å². The molecule has 0 fully saturated rings. The summed E-state index contributed by atoms with van der Waals surface area (Å²) < 4.78 is 0. The van der Waals surface area contributed by atoms with Crippen molar-refractivity contribution in [1.82, 2.24) is 5.32 Å². The lowest BCUT2D eigenvalue weighted by atomic mass is 9.97. The van der Waals surface area contributed by atoms with E-state index in [-0.39, 0.29) is 0 Å². The molecule has 0 atom stereocenters. The molecule has 1 heterocycles. The quantitative estimate of drug-likeness (QED) is 0.357. The average molecular weight is 292 g/mol. The maximum absolute atomic E-state index is 4.70. The maximum Gasteiger partial charge on any atom is 0.0716 e. The van der Waals surface area contributed by atoms with Crippen LogP contribution in [0.1, 0.15) is 0 Å². The van der Waals surface area contributed by atoms with E-state index in [9.17, 15) is 0 Å². The first-order valence-corrected chi connectivity index (χ1v) is 7.83. The highest BCUT2D eigenvalue weighted by atomic mass is 14.9. The summed E-state index contributed by atoms with van der Waals surface area (Å²) in [6.07, 6.45) is 0. The molecule has 0 spiro atoms. The predicted molar refractivity (Wildman–Crippen MR) is 96.3 cm³/mol. The SMILES string of the molecule is c1ccc2c(c1)[N]c1ccc(-c3ccc4ccccc4c3)cc1-2. The Morgan fingerprint density at radius 1 is 0.478 bits per heavy atom. The Kier molecular flexibility index (Phi) is 2.56. The first-order chi connectivity index (χ1) is 11.4. The molecule has 4 aromatic carbocycles. The molecule has 23 heavy (non-hydrogen) atoms. The predicted octanol–water partition coefficient (Wildman–Crippen LogP) is 6.05. The zero-order chi connectivity index (χ0) is 15.2. The number of nitrogens with zero attached hydrogens (tertiary/aromatic N) is 1. The van der Waals surface area contributed by atoms with Gasteiger partial charge in [0.1, 0.15) is 0 Å². The van der Waals surface area contributed by atoms with Crippen LogP contribution in [0.15, 0.2) is 84.9 Å². The Morgan fingerprint density at radius 2 is 1.17 bits per heavy atom. The van der Waals surface area contributed by atoms with Crippen molar-refractivity contribution in [3.63, 3.8) is 0 Å². The molecule has 4 aromatic rings. The second kappa shape index (κ2) is 4.72. The van der Waals surface area contributed by atoms with Crippen molar-refractivity contribution in [2.75, 3.05) is 0 Å². The summed E-state index contributed by atoms with van der Waals surface area (Å²) in [5, 5.41) is 7.25. The van der Waals surface area contributed by atoms with Crippen LogP contribution < -0.4 is 5.32 Å². The van der Waals surface area contributed by atoms with Crippen LogP contribution in [0.2, 0.25) is 0 Å². The lowest BCUT2D eigenvalue weighted by Gasteiger charge is -2.07. The third-order valence-corrected chi connectivity index (χ3v) is 4.51. The number of para-hydroxylation sites is 1. The Balaban J connectivity index is 1.67. The molecule has 0 saturated carbocycles. The van der Waals surface area contributed by atoms with Crippen LogP contribution in [-0.2, 0) is 0 Å². The summed E-state index contributed by atoms with van der Waals surface area (Å²) in [5.41, 5.74) is 7.07. The summed E-state index contributed by atoms with van der Waals surface area (Å²) in [4.78, 5) is 0. The molecule has 1 heteroatoms. The summed E-state index contributed by atoms with van der Waals surface area (Å²) in [6, 6.07) is 30.0. The van der Waals surface area contributed by atoms with Gasteiger partial charge in [0, 0.05) is 11.1 Å². The van der Waals surface area contributed by atoms with Gasteiger partial charge in [0.05, 0.1) is 11.4 Å². The number of fused-ring (bicyclic) bond motifs is 4. The van der Waals surface area contributed by atoms with E-state index in [0.717, 1.165) is 11.4 Å². The topological polar surface area (TPSA) is 14.1 Å². The van der Waals surface area contributed by atoms with Crippen LogP contribution in [-0.4, -0.2) is 0 Å². The van der Waals surface area contributed by atoms with Crippen molar-refractivity contribution in [2.24, 2.45) is 0 Å². The van der Waals surface area contributed by atoms with E-state index in [1.165, 1.54) is 33.0 Å². The maximum atomic E-state index is 4.70. The monoisotopic (exact) mass is 292 g/mol. The Hall–Kier alpha value is -3.06. The van der Waals surface area contributed by atoms with E-state index in [1.807, 2.05) is 6.07 Å². The van der Waals surface area contributed by atoms with E-state index < -0.39 is 0 Å². The van der Waals surface area contributed by atoms with Crippen LogP contribution in [0, 0.1) is 0 Å². The summed E-state index contributed by atoms with van der Waals surface area (Å²) >= 11 is 0. The van der Waals surface area contributed by atoms with Crippen molar-refractivity contribution in [3.8, 4) is 22.3 Å². The second-order valence-corrected chi connectivity index (χ2v) is 5.92. The Bertz CT molecular complexity index is 1050. The Labute approximate surface area is 135 Å². The highest BCUT2D eigenvalue weighted by Crippen LogP contribution is 2.44. The molecule has 1 aliphatic heterocycles. The van der Waals surface area contributed by atoms with Crippen molar-refractivity contribution < 1.29 is 0 Å². The van der Waals surface area contributed by atoms with Crippen LogP contribution >= 0.6 is 0 Å². The van der Waals surface area contributed by atoms with Crippen molar-refractivity contribution in [3.05, 3.63) is 84.9 Å². The number of hydrogen-bond donors (Lipinski definition) is 0. The zero-order valence-electron chi connectivity index (χ0n) is 12.5. The van der Waals surface area contributed by atoms with Gasteiger partial charge in [-0.15, -0.1) is 0 Å². The van der Waals surface area contributed by atoms with Gasteiger partial charge < -0.3 is 0 Å². The first-order valence-electron chi connectivity index (χ1n) is 7.83. The van der Waals surface area contributed by atoms with Crippen LogP contribution in [0.5, 0.6) is 0 Å². The smallest absolute Gasteiger partial charge is 0.0716 e. The fourth-order valence-corrected chi connectivity index (χ4v) is 3.33. The molecule has 1 radical (unpaired) electrons. The third-order valence-electron chi connectivity index (χ3n) is 4.51. The molecule has 5 rings (SSSR count). The molecule has 0 saturated heterocycles. The van der Waals surface area contributed by atoms with Gasteiger partial charge in [0.15, 0.2) is 0 Å². The normalized spacial score (nSPS) is 11.8. The van der Waals surface area contributed by atoms with Crippen molar-refractivity contribution in [1.29, 1.82) is 0 Å². The largest absolute Gasteiger partial charge is 0.248 e. The standard InChI is InChI=1S/C22H14N/c1-2-6-16-13-17(10-9-15(16)5-1)18-11-12-22-20(14-18)19-7-3-4-8-21(19)23-22/h1-14H. The van der Waals surface area contributed by atoms with Crippen molar-refractivity contribution in [2.45, 2.75) is 0 Å². The van der Waals surface area contributed by atoms with Gasteiger partial charge in [0.25, 0.3) is 0 Å². The van der Waals surface area contributed by atoms with E-state index in [1.54, 1.807) is 0 Å². The number of rotatable bonds is 1. The summed E-state index contributed by atoms with van der Waals surface area (Å²) in [5.74, 6) is 0. The fourth-order valence-electron chi connectivity index (χ4n) is 3.33. The average Bonchev–Trinajstić information content (AvgIpc) is 2.99. The molecular weight excluding hydrogens is 278 g/mol. The van der Waals surface area contributed by atoms with Gasteiger partial charge in [-0.2, -0.15) is 0 Å². The minimum atomic E-state index is 1.07. The highest BCUT2D eigenvalue weighted by Gasteiger charge is 2.19. The van der Waals surface area contributed by atoms with Gasteiger partial charge in [-0.1, -0.05) is 60.7 Å².